The van der Waals surface area contributed by atoms with E-state index in [1.807, 2.05) is 13.8 Å². The molecule has 4 nitrogen and oxygen atoms in total. The van der Waals surface area contributed by atoms with Gasteiger partial charge in [0.05, 0.1) is 18.8 Å². The Bertz CT molecular complexity index is 172. The molecule has 0 spiro atoms. The highest BCUT2D eigenvalue weighted by atomic mass is 16.7. The first kappa shape index (κ1) is 13.9. The van der Waals surface area contributed by atoms with E-state index in [2.05, 4.69) is 12.2 Å². The molecule has 0 aliphatic carbocycles. The van der Waals surface area contributed by atoms with Crippen LogP contribution in [0.2, 0.25) is 0 Å². The van der Waals surface area contributed by atoms with Gasteiger partial charge in [0.25, 0.3) is 0 Å². The van der Waals surface area contributed by atoms with Gasteiger partial charge in [0, 0.05) is 19.7 Å². The van der Waals surface area contributed by atoms with Crippen molar-refractivity contribution in [1.29, 1.82) is 0 Å². The van der Waals surface area contributed by atoms with Crippen molar-refractivity contribution in [3.8, 4) is 0 Å². The third-order valence-electron chi connectivity index (χ3n) is 2.74. The lowest BCUT2D eigenvalue weighted by atomic mass is 10.2. The maximum absolute atomic E-state index is 5.75. The van der Waals surface area contributed by atoms with Crippen molar-refractivity contribution >= 4 is 0 Å². The van der Waals surface area contributed by atoms with Crippen molar-refractivity contribution in [2.75, 3.05) is 26.3 Å². The lowest BCUT2D eigenvalue weighted by Crippen LogP contribution is -2.46. The molecule has 1 fully saturated rings. The molecule has 1 aliphatic rings. The van der Waals surface area contributed by atoms with E-state index in [0.717, 1.165) is 39.1 Å². The number of morpholine rings is 1. The highest BCUT2D eigenvalue weighted by molar-refractivity contribution is 4.73. The van der Waals surface area contributed by atoms with Gasteiger partial charge in [-0.05, 0) is 20.3 Å². The molecule has 1 saturated heterocycles. The molecule has 0 amide bonds. The molecule has 1 aliphatic heterocycles. The van der Waals surface area contributed by atoms with Crippen molar-refractivity contribution in [2.24, 2.45) is 0 Å². The Balaban J connectivity index is 2.13. The third-order valence-corrected chi connectivity index (χ3v) is 2.74. The Morgan fingerprint density at radius 2 is 2.25 bits per heavy atom. The molecule has 3 unspecified atom stereocenters. The summed E-state index contributed by atoms with van der Waals surface area (Å²) in [6, 6.07) is 0. The van der Waals surface area contributed by atoms with Gasteiger partial charge >= 0.3 is 0 Å². The molecule has 0 saturated carbocycles. The van der Waals surface area contributed by atoms with E-state index < -0.39 is 0 Å². The molecule has 1 heterocycles. The molecular formula is C12H25NO3. The minimum atomic E-state index is -0.146. The van der Waals surface area contributed by atoms with Crippen LogP contribution < -0.4 is 5.32 Å². The molecule has 96 valence electrons. The van der Waals surface area contributed by atoms with Gasteiger partial charge in [-0.25, -0.2) is 0 Å². The molecule has 0 aromatic heterocycles. The van der Waals surface area contributed by atoms with Crippen molar-refractivity contribution in [1.82, 2.24) is 5.32 Å². The highest BCUT2D eigenvalue weighted by Crippen LogP contribution is 2.09. The van der Waals surface area contributed by atoms with Crippen LogP contribution in [0.1, 0.15) is 33.6 Å². The quantitative estimate of drug-likeness (QED) is 0.533. The molecule has 0 aromatic rings. The summed E-state index contributed by atoms with van der Waals surface area (Å²) in [6.07, 6.45) is 2.31. The van der Waals surface area contributed by atoms with Crippen LogP contribution in [0.25, 0.3) is 0 Å². The lowest BCUT2D eigenvalue weighted by molar-refractivity contribution is -0.187. The number of ether oxygens (including phenoxy) is 3. The zero-order valence-corrected chi connectivity index (χ0v) is 10.7. The predicted octanol–water partition coefficient (Wildman–Crippen LogP) is 1.54. The monoisotopic (exact) mass is 231 g/mol. The first-order valence-corrected chi connectivity index (χ1v) is 6.33. The highest BCUT2D eigenvalue weighted by Gasteiger charge is 2.22. The zero-order chi connectivity index (χ0) is 11.8. The normalized spacial score (nSPS) is 25.3. The molecule has 16 heavy (non-hydrogen) atoms. The summed E-state index contributed by atoms with van der Waals surface area (Å²) < 4.78 is 16.9. The average Bonchev–Trinajstić information content (AvgIpc) is 2.30. The van der Waals surface area contributed by atoms with Gasteiger partial charge in [-0.1, -0.05) is 13.3 Å². The van der Waals surface area contributed by atoms with Crippen LogP contribution in [-0.4, -0.2) is 44.8 Å². The minimum absolute atomic E-state index is 0.0735. The maximum atomic E-state index is 5.75. The second-order valence-electron chi connectivity index (χ2n) is 4.25. The summed E-state index contributed by atoms with van der Waals surface area (Å²) in [5.41, 5.74) is 0. The largest absolute Gasteiger partial charge is 0.373 e. The molecule has 0 radical (unpaired) electrons. The Morgan fingerprint density at radius 3 is 2.88 bits per heavy atom. The molecule has 4 heteroatoms. The molecule has 1 rings (SSSR count). The fourth-order valence-electron chi connectivity index (χ4n) is 1.71. The Labute approximate surface area is 98.6 Å². The van der Waals surface area contributed by atoms with Gasteiger partial charge in [0.2, 0.25) is 0 Å². The number of hydrogen-bond acceptors (Lipinski definition) is 4. The fourth-order valence-corrected chi connectivity index (χ4v) is 1.71. The van der Waals surface area contributed by atoms with E-state index in [-0.39, 0.29) is 18.5 Å². The van der Waals surface area contributed by atoms with Crippen LogP contribution in [0.5, 0.6) is 0 Å². The van der Waals surface area contributed by atoms with Crippen LogP contribution in [0.3, 0.4) is 0 Å². The van der Waals surface area contributed by atoms with Crippen molar-refractivity contribution < 1.29 is 14.2 Å². The molecule has 0 aromatic carbocycles. The SMILES string of the molecule is CCCCOC(C)OC(C)C1CNCCO1. The topological polar surface area (TPSA) is 39.7 Å². The molecule has 3 atom stereocenters. The van der Waals surface area contributed by atoms with Crippen LogP contribution in [-0.2, 0) is 14.2 Å². The predicted molar refractivity (Wildman–Crippen MR) is 63.5 cm³/mol. The van der Waals surface area contributed by atoms with Crippen LogP contribution in [0.4, 0.5) is 0 Å². The van der Waals surface area contributed by atoms with Gasteiger partial charge in [-0.2, -0.15) is 0 Å². The first-order chi connectivity index (χ1) is 7.74. The Hall–Kier alpha value is -0.160. The number of unbranched alkanes of at least 4 members (excludes halogenated alkanes) is 1. The van der Waals surface area contributed by atoms with Crippen molar-refractivity contribution in [3.05, 3.63) is 0 Å². The molecule has 1 N–H and O–H groups in total. The summed E-state index contributed by atoms with van der Waals surface area (Å²) in [7, 11) is 0. The number of hydrogen-bond donors (Lipinski definition) is 1. The standard InChI is InChI=1S/C12H25NO3/c1-4-5-7-14-11(3)16-10(2)12-9-13-6-8-15-12/h10-13H,4-9H2,1-3H3. The second kappa shape index (κ2) is 8.01. The van der Waals surface area contributed by atoms with Crippen molar-refractivity contribution in [2.45, 2.75) is 52.1 Å². The summed E-state index contributed by atoms with van der Waals surface area (Å²) in [6.45, 7) is 9.48. The summed E-state index contributed by atoms with van der Waals surface area (Å²) in [5, 5.41) is 3.30. The van der Waals surface area contributed by atoms with Crippen LogP contribution in [0, 0.1) is 0 Å². The maximum Gasteiger partial charge on any atom is 0.155 e. The van der Waals surface area contributed by atoms with Gasteiger partial charge in [0.1, 0.15) is 0 Å². The summed E-state index contributed by atoms with van der Waals surface area (Å²) in [5.74, 6) is 0. The van der Waals surface area contributed by atoms with Crippen molar-refractivity contribution in [3.63, 3.8) is 0 Å². The van der Waals surface area contributed by atoms with Crippen LogP contribution >= 0.6 is 0 Å². The number of rotatable bonds is 7. The smallest absolute Gasteiger partial charge is 0.155 e. The average molecular weight is 231 g/mol. The van der Waals surface area contributed by atoms with E-state index in [1.54, 1.807) is 0 Å². The van der Waals surface area contributed by atoms with E-state index in [9.17, 15) is 0 Å². The van der Waals surface area contributed by atoms with E-state index in [4.69, 9.17) is 14.2 Å². The van der Waals surface area contributed by atoms with E-state index >= 15 is 0 Å². The van der Waals surface area contributed by atoms with E-state index in [1.165, 1.54) is 0 Å². The minimum Gasteiger partial charge on any atom is -0.373 e. The summed E-state index contributed by atoms with van der Waals surface area (Å²) >= 11 is 0. The zero-order valence-electron chi connectivity index (χ0n) is 10.7. The third kappa shape index (κ3) is 5.25. The van der Waals surface area contributed by atoms with Gasteiger partial charge < -0.3 is 19.5 Å². The van der Waals surface area contributed by atoms with Crippen LogP contribution in [0.15, 0.2) is 0 Å². The molecule has 0 bridgehead atoms. The Morgan fingerprint density at radius 1 is 1.44 bits per heavy atom. The van der Waals surface area contributed by atoms with Gasteiger partial charge in [-0.15, -0.1) is 0 Å². The lowest BCUT2D eigenvalue weighted by Gasteiger charge is -2.30. The first-order valence-electron chi connectivity index (χ1n) is 6.33. The van der Waals surface area contributed by atoms with Gasteiger partial charge in [-0.3, -0.25) is 0 Å². The number of nitrogens with one attached hydrogen (secondary N) is 1. The Kier molecular flexibility index (Phi) is 6.96. The second-order valence-corrected chi connectivity index (χ2v) is 4.25. The summed E-state index contributed by atoms with van der Waals surface area (Å²) in [4.78, 5) is 0. The van der Waals surface area contributed by atoms with E-state index in [0.29, 0.717) is 0 Å². The molecular weight excluding hydrogens is 206 g/mol. The van der Waals surface area contributed by atoms with Gasteiger partial charge in [0.15, 0.2) is 6.29 Å². The fraction of sp³-hybridized carbons (Fsp3) is 1.00.